The molecule has 0 saturated carbocycles. The normalized spacial score (nSPS) is 27.0. The van der Waals surface area contributed by atoms with E-state index >= 15 is 0 Å². The fraction of sp³-hybridized carbons (Fsp3) is 1.00. The van der Waals surface area contributed by atoms with E-state index in [0.717, 1.165) is 11.8 Å². The van der Waals surface area contributed by atoms with E-state index in [-0.39, 0.29) is 7.43 Å². The van der Waals surface area contributed by atoms with Gasteiger partial charge in [-0.05, 0) is 31.8 Å². The Morgan fingerprint density at radius 2 is 2.00 bits per heavy atom. The first-order chi connectivity index (χ1) is 4.20. The molecule has 1 heterocycles. The van der Waals surface area contributed by atoms with Crippen LogP contribution in [0.25, 0.3) is 0 Å². The van der Waals surface area contributed by atoms with E-state index in [1.54, 1.807) is 0 Å². The van der Waals surface area contributed by atoms with Crippen LogP contribution in [0.4, 0.5) is 0 Å². The first-order valence-corrected chi connectivity index (χ1v) is 3.88. The SMILES string of the molecule is C.CC(C)C1CCN(C)C1. The summed E-state index contributed by atoms with van der Waals surface area (Å²) >= 11 is 0. The van der Waals surface area contributed by atoms with Gasteiger partial charge in [-0.25, -0.2) is 0 Å². The zero-order valence-corrected chi connectivity index (χ0v) is 6.72. The summed E-state index contributed by atoms with van der Waals surface area (Å²) in [4.78, 5) is 2.42. The lowest BCUT2D eigenvalue weighted by atomic mass is 9.95. The third kappa shape index (κ3) is 2.30. The summed E-state index contributed by atoms with van der Waals surface area (Å²) in [6, 6.07) is 0. The minimum absolute atomic E-state index is 0. The molecule has 10 heavy (non-hydrogen) atoms. The van der Waals surface area contributed by atoms with E-state index in [0.29, 0.717) is 0 Å². The van der Waals surface area contributed by atoms with Crippen molar-refractivity contribution in [3.8, 4) is 0 Å². The number of nitrogens with zero attached hydrogens (tertiary/aromatic N) is 1. The molecule has 0 radical (unpaired) electrons. The minimum Gasteiger partial charge on any atom is -0.306 e. The Morgan fingerprint density at radius 3 is 2.20 bits per heavy atom. The highest BCUT2D eigenvalue weighted by molar-refractivity contribution is 4.74. The molecule has 62 valence electrons. The van der Waals surface area contributed by atoms with Crippen molar-refractivity contribution >= 4 is 0 Å². The number of hydrogen-bond acceptors (Lipinski definition) is 1. The van der Waals surface area contributed by atoms with Crippen LogP contribution in [-0.2, 0) is 0 Å². The standard InChI is InChI=1S/C8H17N.CH4/c1-7(2)8-4-5-9(3)6-8;/h7-8H,4-6H2,1-3H3;1H4. The van der Waals surface area contributed by atoms with E-state index in [9.17, 15) is 0 Å². The van der Waals surface area contributed by atoms with Crippen molar-refractivity contribution in [1.29, 1.82) is 0 Å². The Hall–Kier alpha value is -0.0400. The molecule has 1 aliphatic heterocycles. The highest BCUT2D eigenvalue weighted by atomic mass is 15.1. The smallest absolute Gasteiger partial charge is 0.000953 e. The maximum Gasteiger partial charge on any atom is 0.000953 e. The number of rotatable bonds is 1. The molecular weight excluding hydrogens is 122 g/mol. The third-order valence-corrected chi connectivity index (χ3v) is 2.37. The Kier molecular flexibility index (Phi) is 3.95. The second-order valence-corrected chi connectivity index (χ2v) is 3.56. The van der Waals surface area contributed by atoms with Crippen molar-refractivity contribution in [2.75, 3.05) is 20.1 Å². The Bertz CT molecular complexity index is 88.7. The summed E-state index contributed by atoms with van der Waals surface area (Å²) in [7, 11) is 2.21. The first kappa shape index (κ1) is 9.96. The minimum atomic E-state index is 0. The molecule has 0 aromatic carbocycles. The zero-order chi connectivity index (χ0) is 6.85. The van der Waals surface area contributed by atoms with Crippen LogP contribution in [0.3, 0.4) is 0 Å². The van der Waals surface area contributed by atoms with Gasteiger partial charge in [-0.3, -0.25) is 0 Å². The highest BCUT2D eigenvalue weighted by Crippen LogP contribution is 2.21. The van der Waals surface area contributed by atoms with Crippen molar-refractivity contribution < 1.29 is 0 Å². The molecule has 1 atom stereocenters. The first-order valence-electron chi connectivity index (χ1n) is 3.88. The van der Waals surface area contributed by atoms with Crippen LogP contribution in [0.5, 0.6) is 0 Å². The quantitative estimate of drug-likeness (QED) is 0.544. The Balaban J connectivity index is 0.000000810. The summed E-state index contributed by atoms with van der Waals surface area (Å²) in [5.74, 6) is 1.85. The Labute approximate surface area is 65.4 Å². The molecule has 0 aliphatic carbocycles. The molecule has 0 bridgehead atoms. The molecule has 1 fully saturated rings. The maximum atomic E-state index is 2.42. The molecule has 0 aromatic heterocycles. The Morgan fingerprint density at radius 1 is 1.40 bits per heavy atom. The second-order valence-electron chi connectivity index (χ2n) is 3.56. The van der Waals surface area contributed by atoms with Crippen molar-refractivity contribution in [3.63, 3.8) is 0 Å². The predicted octanol–water partition coefficient (Wildman–Crippen LogP) is 2.23. The van der Waals surface area contributed by atoms with Gasteiger partial charge in [-0.1, -0.05) is 21.3 Å². The van der Waals surface area contributed by atoms with Gasteiger partial charge in [0.25, 0.3) is 0 Å². The second kappa shape index (κ2) is 3.97. The van der Waals surface area contributed by atoms with E-state index in [1.807, 2.05) is 0 Å². The van der Waals surface area contributed by atoms with Gasteiger partial charge in [-0.2, -0.15) is 0 Å². The van der Waals surface area contributed by atoms with Crippen LogP contribution in [-0.4, -0.2) is 25.0 Å². The lowest BCUT2D eigenvalue weighted by Crippen LogP contribution is -2.16. The molecule has 1 aliphatic rings. The zero-order valence-electron chi connectivity index (χ0n) is 6.72. The summed E-state index contributed by atoms with van der Waals surface area (Å²) < 4.78 is 0. The monoisotopic (exact) mass is 143 g/mol. The number of likely N-dealkylation sites (tertiary alicyclic amines) is 1. The van der Waals surface area contributed by atoms with Gasteiger partial charge in [0.05, 0.1) is 0 Å². The average Bonchev–Trinajstić information content (AvgIpc) is 2.14. The van der Waals surface area contributed by atoms with Gasteiger partial charge >= 0.3 is 0 Å². The van der Waals surface area contributed by atoms with Gasteiger partial charge < -0.3 is 4.90 Å². The molecular formula is C9H21N. The van der Waals surface area contributed by atoms with Crippen LogP contribution in [0.1, 0.15) is 27.7 Å². The molecule has 1 rings (SSSR count). The lowest BCUT2D eigenvalue weighted by molar-refractivity contribution is 0.352. The largest absolute Gasteiger partial charge is 0.306 e. The van der Waals surface area contributed by atoms with Gasteiger partial charge in [-0.15, -0.1) is 0 Å². The van der Waals surface area contributed by atoms with Crippen LogP contribution in [0.15, 0.2) is 0 Å². The van der Waals surface area contributed by atoms with Crippen LogP contribution >= 0.6 is 0 Å². The third-order valence-electron chi connectivity index (χ3n) is 2.37. The average molecular weight is 143 g/mol. The van der Waals surface area contributed by atoms with Crippen LogP contribution in [0, 0.1) is 11.8 Å². The highest BCUT2D eigenvalue weighted by Gasteiger charge is 2.21. The summed E-state index contributed by atoms with van der Waals surface area (Å²) in [5.41, 5.74) is 0. The summed E-state index contributed by atoms with van der Waals surface area (Å²) in [6.45, 7) is 7.27. The van der Waals surface area contributed by atoms with Crippen LogP contribution in [0.2, 0.25) is 0 Å². The summed E-state index contributed by atoms with van der Waals surface area (Å²) in [6.07, 6.45) is 1.41. The molecule has 0 N–H and O–H groups in total. The van der Waals surface area contributed by atoms with E-state index in [2.05, 4.69) is 25.8 Å². The predicted molar refractivity (Wildman–Crippen MR) is 47.2 cm³/mol. The molecule has 0 spiro atoms. The van der Waals surface area contributed by atoms with E-state index in [1.165, 1.54) is 19.5 Å². The molecule has 0 amide bonds. The fourth-order valence-corrected chi connectivity index (χ4v) is 1.51. The maximum absolute atomic E-state index is 2.42. The molecule has 1 heteroatoms. The topological polar surface area (TPSA) is 3.24 Å². The van der Waals surface area contributed by atoms with Gasteiger partial charge in [0, 0.05) is 6.54 Å². The van der Waals surface area contributed by atoms with Crippen LogP contribution < -0.4 is 0 Å². The fourth-order valence-electron chi connectivity index (χ4n) is 1.51. The van der Waals surface area contributed by atoms with Gasteiger partial charge in [0.2, 0.25) is 0 Å². The van der Waals surface area contributed by atoms with E-state index in [4.69, 9.17) is 0 Å². The molecule has 1 nitrogen and oxygen atoms in total. The number of hydrogen-bond donors (Lipinski definition) is 0. The molecule has 1 unspecified atom stereocenters. The van der Waals surface area contributed by atoms with Gasteiger partial charge in [0.15, 0.2) is 0 Å². The van der Waals surface area contributed by atoms with Crippen molar-refractivity contribution in [2.24, 2.45) is 11.8 Å². The van der Waals surface area contributed by atoms with Crippen molar-refractivity contribution in [1.82, 2.24) is 4.90 Å². The van der Waals surface area contributed by atoms with Crippen molar-refractivity contribution in [2.45, 2.75) is 27.7 Å². The molecule has 0 aromatic rings. The van der Waals surface area contributed by atoms with E-state index < -0.39 is 0 Å². The molecule has 1 saturated heterocycles. The summed E-state index contributed by atoms with van der Waals surface area (Å²) in [5, 5.41) is 0. The van der Waals surface area contributed by atoms with Gasteiger partial charge in [0.1, 0.15) is 0 Å². The lowest BCUT2D eigenvalue weighted by Gasteiger charge is -2.13. The van der Waals surface area contributed by atoms with Crippen molar-refractivity contribution in [3.05, 3.63) is 0 Å².